The Morgan fingerprint density at radius 2 is 1.84 bits per heavy atom. The zero-order valence-electron chi connectivity index (χ0n) is 11.1. The molecule has 1 aliphatic rings. The number of hydrogen-bond acceptors (Lipinski definition) is 2. The molecule has 0 radical (unpaired) electrons. The van der Waals surface area contributed by atoms with Gasteiger partial charge in [-0.3, -0.25) is 0 Å². The third-order valence-electron chi connectivity index (χ3n) is 3.84. The maximum absolute atomic E-state index is 10.5. The summed E-state index contributed by atoms with van der Waals surface area (Å²) in [5, 5.41) is 8.58. The van der Waals surface area contributed by atoms with Crippen molar-refractivity contribution in [2.24, 2.45) is 5.73 Å². The number of carboxylic acids is 1. The van der Waals surface area contributed by atoms with Crippen LogP contribution in [-0.2, 0) is 4.79 Å². The first-order chi connectivity index (χ1) is 9.16. The van der Waals surface area contributed by atoms with Gasteiger partial charge in [-0.2, -0.15) is 0 Å². The van der Waals surface area contributed by atoms with E-state index in [1.165, 1.54) is 43.7 Å². The first-order valence-corrected chi connectivity index (χ1v) is 6.93. The van der Waals surface area contributed by atoms with Crippen LogP contribution in [0.5, 0.6) is 0 Å². The van der Waals surface area contributed by atoms with Gasteiger partial charge in [-0.1, -0.05) is 49.6 Å². The molecule has 0 bridgehead atoms. The molecule has 0 saturated heterocycles. The molecule has 1 aromatic rings. The van der Waals surface area contributed by atoms with E-state index in [0.29, 0.717) is 5.92 Å². The molecule has 3 N–H and O–H groups in total. The number of benzene rings is 1. The van der Waals surface area contributed by atoms with Gasteiger partial charge in [0.1, 0.15) is 0 Å². The van der Waals surface area contributed by atoms with Gasteiger partial charge in [0.05, 0.1) is 0 Å². The smallest absolute Gasteiger partial charge is 0.328 e. The molecule has 0 spiro atoms. The maximum atomic E-state index is 10.5. The minimum Gasteiger partial charge on any atom is -0.478 e. The van der Waals surface area contributed by atoms with Crippen molar-refractivity contribution < 1.29 is 9.90 Å². The monoisotopic (exact) mass is 259 g/mol. The minimum atomic E-state index is -0.964. The molecule has 0 aliphatic heterocycles. The van der Waals surface area contributed by atoms with E-state index in [0.717, 1.165) is 11.6 Å². The summed E-state index contributed by atoms with van der Waals surface area (Å²) in [6, 6.07) is 7.96. The van der Waals surface area contributed by atoms with E-state index in [-0.39, 0.29) is 6.04 Å². The van der Waals surface area contributed by atoms with E-state index in [9.17, 15) is 4.79 Å². The molecule has 0 amide bonds. The highest BCUT2D eigenvalue weighted by molar-refractivity contribution is 5.79. The number of carboxylic acid groups (broad SMARTS) is 1. The maximum Gasteiger partial charge on any atom is 0.328 e. The van der Waals surface area contributed by atoms with Crippen LogP contribution in [0.4, 0.5) is 0 Å². The molecule has 19 heavy (non-hydrogen) atoms. The Kier molecular flexibility index (Phi) is 4.74. The Bertz CT molecular complexity index is 444. The molecule has 1 fully saturated rings. The number of nitrogens with two attached hydrogens (primary N) is 1. The quantitative estimate of drug-likeness (QED) is 0.815. The fraction of sp³-hybridized carbons (Fsp3) is 0.438. The summed E-state index contributed by atoms with van der Waals surface area (Å²) in [7, 11) is 0. The zero-order valence-corrected chi connectivity index (χ0v) is 11.1. The highest BCUT2D eigenvalue weighted by Gasteiger charge is 2.15. The van der Waals surface area contributed by atoms with Crippen LogP contribution >= 0.6 is 0 Å². The molecule has 2 rings (SSSR count). The van der Waals surface area contributed by atoms with E-state index < -0.39 is 5.97 Å². The third-order valence-corrected chi connectivity index (χ3v) is 3.84. The molecule has 0 aromatic heterocycles. The lowest BCUT2D eigenvalue weighted by Crippen LogP contribution is -2.09. The normalized spacial score (nSPS) is 18.6. The zero-order chi connectivity index (χ0) is 13.7. The van der Waals surface area contributed by atoms with Crippen LogP contribution in [0.1, 0.15) is 55.2 Å². The lowest BCUT2D eigenvalue weighted by molar-refractivity contribution is -0.131. The van der Waals surface area contributed by atoms with Crippen LogP contribution in [0.3, 0.4) is 0 Å². The van der Waals surface area contributed by atoms with Crippen LogP contribution in [0.15, 0.2) is 36.4 Å². The second-order valence-electron chi connectivity index (χ2n) is 5.22. The highest BCUT2D eigenvalue weighted by Crippen LogP contribution is 2.32. The fourth-order valence-corrected chi connectivity index (χ4v) is 2.72. The number of carbonyl (C=O) groups is 1. The highest BCUT2D eigenvalue weighted by atomic mass is 16.4. The Morgan fingerprint density at radius 1 is 1.21 bits per heavy atom. The van der Waals surface area contributed by atoms with Crippen molar-refractivity contribution in [2.45, 2.75) is 44.1 Å². The molecule has 1 aliphatic carbocycles. The average Bonchev–Trinajstić information content (AvgIpc) is 2.46. The standard InChI is InChI=1S/C16H21NO2/c17-15(10-11-16(18)19)14-8-6-13(7-9-14)12-4-2-1-3-5-12/h6-12,15H,1-5,17H2,(H,18,19)/b11-10+. The van der Waals surface area contributed by atoms with Crippen molar-refractivity contribution >= 4 is 5.97 Å². The summed E-state index contributed by atoms with van der Waals surface area (Å²) in [6.45, 7) is 0. The number of hydrogen-bond donors (Lipinski definition) is 2. The molecule has 102 valence electrons. The predicted molar refractivity (Wildman–Crippen MR) is 76.0 cm³/mol. The van der Waals surface area contributed by atoms with Crippen molar-refractivity contribution in [3.05, 3.63) is 47.5 Å². The van der Waals surface area contributed by atoms with Gasteiger partial charge in [0.15, 0.2) is 0 Å². The van der Waals surface area contributed by atoms with Crippen LogP contribution in [0.2, 0.25) is 0 Å². The molecule has 1 unspecified atom stereocenters. The second-order valence-corrected chi connectivity index (χ2v) is 5.22. The molecular formula is C16H21NO2. The first kappa shape index (κ1) is 13.8. The molecule has 3 heteroatoms. The summed E-state index contributed by atoms with van der Waals surface area (Å²) >= 11 is 0. The number of rotatable bonds is 4. The van der Waals surface area contributed by atoms with Crippen LogP contribution in [0, 0.1) is 0 Å². The van der Waals surface area contributed by atoms with E-state index in [4.69, 9.17) is 10.8 Å². The van der Waals surface area contributed by atoms with Gasteiger partial charge in [-0.25, -0.2) is 4.79 Å². The van der Waals surface area contributed by atoms with Crippen molar-refractivity contribution in [2.75, 3.05) is 0 Å². The van der Waals surface area contributed by atoms with E-state index in [1.807, 2.05) is 12.1 Å². The van der Waals surface area contributed by atoms with Gasteiger partial charge in [0, 0.05) is 12.1 Å². The molecular weight excluding hydrogens is 238 g/mol. The Hall–Kier alpha value is -1.61. The SMILES string of the molecule is NC(/C=C/C(=O)O)c1ccc(C2CCCCC2)cc1. The van der Waals surface area contributed by atoms with Gasteiger partial charge in [0.2, 0.25) is 0 Å². The topological polar surface area (TPSA) is 63.3 Å². The van der Waals surface area contributed by atoms with E-state index >= 15 is 0 Å². The molecule has 1 aromatic carbocycles. The predicted octanol–water partition coefficient (Wildman–Crippen LogP) is 3.37. The van der Waals surface area contributed by atoms with Crippen LogP contribution in [-0.4, -0.2) is 11.1 Å². The summed E-state index contributed by atoms with van der Waals surface area (Å²) in [5.74, 6) is -0.275. The average molecular weight is 259 g/mol. The fourth-order valence-electron chi connectivity index (χ4n) is 2.72. The van der Waals surface area contributed by atoms with Crippen molar-refractivity contribution in [1.82, 2.24) is 0 Å². The third kappa shape index (κ3) is 3.93. The minimum absolute atomic E-state index is 0.350. The van der Waals surface area contributed by atoms with Crippen molar-refractivity contribution in [1.29, 1.82) is 0 Å². The summed E-state index contributed by atoms with van der Waals surface area (Å²) in [5.41, 5.74) is 8.26. The number of aliphatic carboxylic acids is 1. The van der Waals surface area contributed by atoms with E-state index in [1.54, 1.807) is 0 Å². The van der Waals surface area contributed by atoms with E-state index in [2.05, 4.69) is 12.1 Å². The van der Waals surface area contributed by atoms with Gasteiger partial charge in [-0.05, 0) is 29.9 Å². The Morgan fingerprint density at radius 3 is 2.42 bits per heavy atom. The lowest BCUT2D eigenvalue weighted by atomic mass is 9.84. The van der Waals surface area contributed by atoms with Crippen LogP contribution < -0.4 is 5.73 Å². The molecule has 1 saturated carbocycles. The van der Waals surface area contributed by atoms with Gasteiger partial charge < -0.3 is 10.8 Å². The second kappa shape index (κ2) is 6.53. The summed E-state index contributed by atoms with van der Waals surface area (Å²) < 4.78 is 0. The van der Waals surface area contributed by atoms with Gasteiger partial charge in [-0.15, -0.1) is 0 Å². The summed E-state index contributed by atoms with van der Waals surface area (Å²) in [6.07, 6.45) is 9.19. The van der Waals surface area contributed by atoms with Gasteiger partial charge >= 0.3 is 5.97 Å². The Labute approximate surface area is 114 Å². The van der Waals surface area contributed by atoms with Crippen LogP contribution in [0.25, 0.3) is 0 Å². The molecule has 0 heterocycles. The first-order valence-electron chi connectivity index (χ1n) is 6.93. The van der Waals surface area contributed by atoms with Crippen molar-refractivity contribution in [3.8, 4) is 0 Å². The van der Waals surface area contributed by atoms with Crippen molar-refractivity contribution in [3.63, 3.8) is 0 Å². The molecule has 3 nitrogen and oxygen atoms in total. The largest absolute Gasteiger partial charge is 0.478 e. The lowest BCUT2D eigenvalue weighted by Gasteiger charge is -2.22. The molecule has 1 atom stereocenters. The Balaban J connectivity index is 2.03. The summed E-state index contributed by atoms with van der Waals surface area (Å²) in [4.78, 5) is 10.5. The van der Waals surface area contributed by atoms with Gasteiger partial charge in [0.25, 0.3) is 0 Å².